The van der Waals surface area contributed by atoms with E-state index in [2.05, 4.69) is 32.9 Å². The van der Waals surface area contributed by atoms with E-state index in [0.717, 1.165) is 56.8 Å². The molecule has 0 aromatic carbocycles. The number of hydrogen-bond acceptors (Lipinski definition) is 5. The van der Waals surface area contributed by atoms with Crippen LogP contribution < -0.4 is 5.32 Å². The highest BCUT2D eigenvalue weighted by molar-refractivity contribution is 5.92. The molecule has 0 unspecified atom stereocenters. The Labute approximate surface area is 172 Å². The smallest absolute Gasteiger partial charge is 0.249 e. The summed E-state index contributed by atoms with van der Waals surface area (Å²) >= 11 is 0. The first-order valence-electron chi connectivity index (χ1n) is 10.7. The predicted molar refractivity (Wildman–Crippen MR) is 112 cm³/mol. The quantitative estimate of drug-likeness (QED) is 0.717. The van der Waals surface area contributed by atoms with E-state index in [0.29, 0.717) is 23.7 Å². The Bertz CT molecular complexity index is 843. The molecule has 154 valence electrons. The minimum absolute atomic E-state index is 0.0296. The van der Waals surface area contributed by atoms with Gasteiger partial charge in [0.15, 0.2) is 0 Å². The van der Waals surface area contributed by atoms with Gasteiger partial charge in [-0.3, -0.25) is 10.1 Å². The number of carbonyl (C=O) groups is 1. The molecule has 1 saturated heterocycles. The SMILES string of the molecule is C=C/C=C(/C1CCC2(CC1)CN(CCC#N)C2)n1nc(NC(=O)C2CC2)nc1C. The van der Waals surface area contributed by atoms with Crippen LogP contribution in [0.25, 0.3) is 5.70 Å². The summed E-state index contributed by atoms with van der Waals surface area (Å²) in [6.45, 7) is 8.97. The molecule has 0 bridgehead atoms. The molecule has 1 spiro atoms. The first-order valence-corrected chi connectivity index (χ1v) is 10.7. The Morgan fingerprint density at radius 1 is 1.31 bits per heavy atom. The van der Waals surface area contributed by atoms with E-state index < -0.39 is 0 Å². The molecule has 2 aliphatic carbocycles. The number of aryl methyl sites for hydroxylation is 1. The van der Waals surface area contributed by atoms with Gasteiger partial charge in [0.05, 0.1) is 6.07 Å². The first kappa shape index (κ1) is 19.8. The number of allylic oxidation sites excluding steroid dienone is 3. The Kier molecular flexibility index (Phi) is 5.55. The number of anilines is 1. The molecule has 4 rings (SSSR count). The van der Waals surface area contributed by atoms with Gasteiger partial charge in [-0.05, 0) is 56.9 Å². The molecule has 0 radical (unpaired) electrons. The molecule has 7 nitrogen and oxygen atoms in total. The van der Waals surface area contributed by atoms with Crippen LogP contribution in [-0.2, 0) is 4.79 Å². The largest absolute Gasteiger partial charge is 0.301 e. The maximum atomic E-state index is 12.0. The molecule has 2 heterocycles. The van der Waals surface area contributed by atoms with Gasteiger partial charge in [0.25, 0.3) is 0 Å². The van der Waals surface area contributed by atoms with Crippen molar-refractivity contribution >= 4 is 17.6 Å². The van der Waals surface area contributed by atoms with Gasteiger partial charge in [-0.25, -0.2) is 4.68 Å². The number of aromatic nitrogens is 3. The zero-order chi connectivity index (χ0) is 20.4. The minimum Gasteiger partial charge on any atom is -0.301 e. The Balaban J connectivity index is 1.40. The van der Waals surface area contributed by atoms with Gasteiger partial charge in [0.1, 0.15) is 5.82 Å². The van der Waals surface area contributed by atoms with E-state index in [1.165, 1.54) is 12.8 Å². The monoisotopic (exact) mass is 394 g/mol. The van der Waals surface area contributed by atoms with Crippen molar-refractivity contribution < 1.29 is 4.79 Å². The Morgan fingerprint density at radius 2 is 2.03 bits per heavy atom. The van der Waals surface area contributed by atoms with Gasteiger partial charge < -0.3 is 4.90 Å². The van der Waals surface area contributed by atoms with Gasteiger partial charge >= 0.3 is 0 Å². The van der Waals surface area contributed by atoms with E-state index in [4.69, 9.17) is 5.26 Å². The fourth-order valence-electron chi connectivity index (χ4n) is 4.86. The van der Waals surface area contributed by atoms with E-state index in [1.54, 1.807) is 0 Å². The first-order chi connectivity index (χ1) is 14.0. The number of amides is 1. The number of rotatable bonds is 7. The van der Waals surface area contributed by atoms with E-state index in [-0.39, 0.29) is 11.8 Å². The third-order valence-corrected chi connectivity index (χ3v) is 6.61. The molecular formula is C22H30N6O. The van der Waals surface area contributed by atoms with E-state index >= 15 is 0 Å². The third kappa shape index (κ3) is 4.27. The normalized spacial score (nSPS) is 22.1. The summed E-state index contributed by atoms with van der Waals surface area (Å²) in [6.07, 6.45) is 11.0. The van der Waals surface area contributed by atoms with Crippen LogP contribution in [0, 0.1) is 35.5 Å². The number of nitrogens with one attached hydrogen (secondary N) is 1. The Hall–Kier alpha value is -2.46. The van der Waals surface area contributed by atoms with E-state index in [9.17, 15) is 4.79 Å². The van der Waals surface area contributed by atoms with Gasteiger partial charge in [-0.1, -0.05) is 12.7 Å². The van der Waals surface area contributed by atoms with Crippen molar-refractivity contribution in [3.63, 3.8) is 0 Å². The summed E-state index contributed by atoms with van der Waals surface area (Å²) in [5, 5.41) is 16.2. The molecule has 1 aliphatic heterocycles. The van der Waals surface area contributed by atoms with Crippen molar-refractivity contribution in [3.8, 4) is 6.07 Å². The van der Waals surface area contributed by atoms with Gasteiger partial charge in [0, 0.05) is 43.6 Å². The highest BCUT2D eigenvalue weighted by Crippen LogP contribution is 2.47. The standard InChI is InChI=1S/C22H30N6O/c1-3-5-19(28-16(2)24-21(26-28)25-20(29)18-6-7-18)17-8-10-22(11-9-17)14-27(15-22)13-4-12-23/h3,5,17-18H,1,4,6-11,13-15H2,2H3,(H,25,26,29)/b19-5-. The fourth-order valence-corrected chi connectivity index (χ4v) is 4.86. The summed E-state index contributed by atoms with van der Waals surface area (Å²) in [7, 11) is 0. The van der Waals surface area contributed by atoms with Crippen LogP contribution in [0.4, 0.5) is 5.95 Å². The van der Waals surface area contributed by atoms with Crippen LogP contribution in [0.2, 0.25) is 0 Å². The zero-order valence-corrected chi connectivity index (χ0v) is 17.2. The molecule has 1 aromatic heterocycles. The lowest BCUT2D eigenvalue weighted by Gasteiger charge is -2.53. The summed E-state index contributed by atoms with van der Waals surface area (Å²) in [5.41, 5.74) is 1.55. The molecule has 29 heavy (non-hydrogen) atoms. The van der Waals surface area contributed by atoms with Crippen LogP contribution in [0.15, 0.2) is 18.7 Å². The van der Waals surface area contributed by atoms with Crippen LogP contribution >= 0.6 is 0 Å². The summed E-state index contributed by atoms with van der Waals surface area (Å²) in [4.78, 5) is 18.9. The third-order valence-electron chi connectivity index (χ3n) is 6.61. The van der Waals surface area contributed by atoms with Gasteiger partial charge in [0.2, 0.25) is 11.9 Å². The van der Waals surface area contributed by atoms with Crippen LogP contribution in [0.5, 0.6) is 0 Å². The summed E-state index contributed by atoms with van der Waals surface area (Å²) < 4.78 is 1.88. The van der Waals surface area contributed by atoms with Crippen molar-refractivity contribution in [2.24, 2.45) is 17.3 Å². The van der Waals surface area contributed by atoms with Gasteiger partial charge in [-0.2, -0.15) is 10.2 Å². The highest BCUT2D eigenvalue weighted by atomic mass is 16.2. The number of carbonyl (C=O) groups excluding carboxylic acids is 1. The van der Waals surface area contributed by atoms with Crippen molar-refractivity contribution in [1.29, 1.82) is 5.26 Å². The topological polar surface area (TPSA) is 86.8 Å². The molecule has 0 atom stereocenters. The lowest BCUT2D eigenvalue weighted by molar-refractivity contribution is -0.117. The van der Waals surface area contributed by atoms with Crippen molar-refractivity contribution in [2.75, 3.05) is 25.0 Å². The van der Waals surface area contributed by atoms with Crippen molar-refractivity contribution in [1.82, 2.24) is 19.7 Å². The maximum Gasteiger partial charge on any atom is 0.249 e. The van der Waals surface area contributed by atoms with E-state index in [1.807, 2.05) is 23.8 Å². The molecule has 1 N–H and O–H groups in total. The molecule has 3 fully saturated rings. The number of hydrogen-bond donors (Lipinski definition) is 1. The van der Waals surface area contributed by atoms with Crippen molar-refractivity contribution in [2.45, 2.75) is 51.9 Å². The molecule has 1 aromatic rings. The van der Waals surface area contributed by atoms with Crippen LogP contribution in [-0.4, -0.2) is 45.2 Å². The van der Waals surface area contributed by atoms with Crippen LogP contribution in [0.3, 0.4) is 0 Å². The van der Waals surface area contributed by atoms with Gasteiger partial charge in [-0.15, -0.1) is 5.10 Å². The number of nitrogens with zero attached hydrogens (tertiary/aromatic N) is 5. The number of likely N-dealkylation sites (tertiary alicyclic amines) is 1. The van der Waals surface area contributed by atoms with Crippen LogP contribution in [0.1, 0.15) is 50.8 Å². The number of nitriles is 1. The average molecular weight is 395 g/mol. The zero-order valence-electron chi connectivity index (χ0n) is 17.2. The second kappa shape index (κ2) is 8.11. The molecule has 3 aliphatic rings. The lowest BCUT2D eigenvalue weighted by Crippen LogP contribution is -2.57. The highest BCUT2D eigenvalue weighted by Gasteiger charge is 2.45. The summed E-state index contributed by atoms with van der Waals surface area (Å²) in [5.74, 6) is 1.76. The maximum absolute atomic E-state index is 12.0. The molecule has 1 amide bonds. The average Bonchev–Trinajstić information content (AvgIpc) is 3.47. The molecular weight excluding hydrogens is 364 g/mol. The molecule has 7 heteroatoms. The summed E-state index contributed by atoms with van der Waals surface area (Å²) in [6, 6.07) is 2.24. The fraction of sp³-hybridized carbons (Fsp3) is 0.636. The Morgan fingerprint density at radius 3 is 2.66 bits per heavy atom. The van der Waals surface area contributed by atoms with Crippen molar-refractivity contribution in [3.05, 3.63) is 24.6 Å². The second-order valence-electron chi connectivity index (χ2n) is 8.88. The predicted octanol–water partition coefficient (Wildman–Crippen LogP) is 3.37. The molecule has 2 saturated carbocycles. The minimum atomic E-state index is 0.0296. The lowest BCUT2D eigenvalue weighted by atomic mass is 9.65. The second-order valence-corrected chi connectivity index (χ2v) is 8.88.